The number of carbonyl (C=O) groups excluding carboxylic acids is 1. The van der Waals surface area contributed by atoms with Crippen molar-refractivity contribution in [3.8, 4) is 17.2 Å². The molecule has 28 heavy (non-hydrogen) atoms. The molecule has 0 saturated carbocycles. The number of benzene rings is 2. The highest BCUT2D eigenvalue weighted by Crippen LogP contribution is 2.32. The standard InChI is InChI=1S/C19H17ClN4O3S/c1-12-2-4-14(9-15(12)20)24-11-21-23-19(24)28-10-18(25)22-13-3-5-16-17(8-13)27-7-6-26-16/h2-5,8-9,11H,6-7,10H2,1H3,(H,22,25). The minimum Gasteiger partial charge on any atom is -0.486 e. The van der Waals surface area contributed by atoms with E-state index in [4.69, 9.17) is 21.1 Å². The van der Waals surface area contributed by atoms with Gasteiger partial charge in [0.1, 0.15) is 19.5 Å². The second-order valence-corrected chi connectivity index (χ2v) is 7.46. The van der Waals surface area contributed by atoms with Crippen LogP contribution in [0.4, 0.5) is 5.69 Å². The number of aryl methyl sites for hydroxylation is 1. The van der Waals surface area contributed by atoms with Crippen LogP contribution in [0.15, 0.2) is 47.9 Å². The van der Waals surface area contributed by atoms with E-state index >= 15 is 0 Å². The summed E-state index contributed by atoms with van der Waals surface area (Å²) in [4.78, 5) is 12.3. The van der Waals surface area contributed by atoms with Gasteiger partial charge in [0.05, 0.1) is 11.4 Å². The molecule has 2 heterocycles. The van der Waals surface area contributed by atoms with Crippen LogP contribution in [0.25, 0.3) is 5.69 Å². The van der Waals surface area contributed by atoms with Crippen LogP contribution >= 0.6 is 23.4 Å². The first-order valence-corrected chi connectivity index (χ1v) is 9.95. The number of ether oxygens (including phenoxy) is 2. The lowest BCUT2D eigenvalue weighted by Gasteiger charge is -2.19. The third-order valence-corrected chi connectivity index (χ3v) is 5.46. The van der Waals surface area contributed by atoms with Gasteiger partial charge >= 0.3 is 0 Å². The molecule has 1 aromatic heterocycles. The topological polar surface area (TPSA) is 78.3 Å². The highest BCUT2D eigenvalue weighted by atomic mass is 35.5. The predicted molar refractivity (Wildman–Crippen MR) is 108 cm³/mol. The van der Waals surface area contributed by atoms with E-state index in [1.165, 1.54) is 11.8 Å². The molecule has 1 aliphatic heterocycles. The molecule has 0 saturated heterocycles. The molecule has 0 atom stereocenters. The molecule has 0 radical (unpaired) electrons. The van der Waals surface area contributed by atoms with Gasteiger partial charge in [0.25, 0.3) is 0 Å². The summed E-state index contributed by atoms with van der Waals surface area (Å²) in [6.07, 6.45) is 1.60. The van der Waals surface area contributed by atoms with Crippen molar-refractivity contribution in [3.05, 3.63) is 53.3 Å². The number of hydrogen-bond acceptors (Lipinski definition) is 6. The maximum absolute atomic E-state index is 12.3. The highest BCUT2D eigenvalue weighted by Gasteiger charge is 2.14. The summed E-state index contributed by atoms with van der Waals surface area (Å²) in [6, 6.07) is 11.0. The Hall–Kier alpha value is -2.71. The molecule has 4 rings (SSSR count). The van der Waals surface area contributed by atoms with Crippen LogP contribution < -0.4 is 14.8 Å². The first-order valence-electron chi connectivity index (χ1n) is 8.59. The number of aromatic nitrogens is 3. The van der Waals surface area contributed by atoms with E-state index in [0.717, 1.165) is 11.3 Å². The first kappa shape index (κ1) is 18.6. The minimum atomic E-state index is -0.154. The fourth-order valence-electron chi connectivity index (χ4n) is 2.68. The Kier molecular flexibility index (Phi) is 5.40. The van der Waals surface area contributed by atoms with E-state index in [9.17, 15) is 4.79 Å². The first-order chi connectivity index (χ1) is 13.6. The number of amides is 1. The normalized spacial score (nSPS) is 12.6. The lowest BCUT2D eigenvalue weighted by Crippen LogP contribution is -2.17. The van der Waals surface area contributed by atoms with Crippen molar-refractivity contribution in [3.63, 3.8) is 0 Å². The third kappa shape index (κ3) is 4.07. The van der Waals surface area contributed by atoms with Gasteiger partial charge in [-0.15, -0.1) is 10.2 Å². The molecule has 1 N–H and O–H groups in total. The number of halogens is 1. The highest BCUT2D eigenvalue weighted by molar-refractivity contribution is 7.99. The Bertz CT molecular complexity index is 1020. The van der Waals surface area contributed by atoms with Crippen LogP contribution in [0.5, 0.6) is 11.5 Å². The summed E-state index contributed by atoms with van der Waals surface area (Å²) in [5.41, 5.74) is 2.49. The molecule has 9 heteroatoms. The van der Waals surface area contributed by atoms with Crippen LogP contribution in [0, 0.1) is 6.92 Å². The number of hydrogen-bond donors (Lipinski definition) is 1. The van der Waals surface area contributed by atoms with Gasteiger partial charge in [0.15, 0.2) is 16.7 Å². The number of nitrogens with zero attached hydrogens (tertiary/aromatic N) is 3. The van der Waals surface area contributed by atoms with Gasteiger partial charge in [-0.25, -0.2) is 0 Å². The predicted octanol–water partition coefficient (Wildman–Crippen LogP) is 3.73. The summed E-state index contributed by atoms with van der Waals surface area (Å²) in [5, 5.41) is 12.2. The van der Waals surface area contributed by atoms with Gasteiger partial charge in [-0.05, 0) is 36.8 Å². The van der Waals surface area contributed by atoms with E-state index in [-0.39, 0.29) is 11.7 Å². The molecule has 7 nitrogen and oxygen atoms in total. The van der Waals surface area contributed by atoms with Crippen molar-refractivity contribution >= 4 is 35.0 Å². The summed E-state index contributed by atoms with van der Waals surface area (Å²) < 4.78 is 12.8. The lowest BCUT2D eigenvalue weighted by molar-refractivity contribution is -0.113. The van der Waals surface area contributed by atoms with E-state index in [2.05, 4.69) is 15.5 Å². The number of anilines is 1. The Labute approximate surface area is 171 Å². The Morgan fingerprint density at radius 3 is 2.86 bits per heavy atom. The van der Waals surface area contributed by atoms with Crippen LogP contribution in [0.2, 0.25) is 5.02 Å². The lowest BCUT2D eigenvalue weighted by atomic mass is 10.2. The van der Waals surface area contributed by atoms with Gasteiger partial charge in [-0.3, -0.25) is 9.36 Å². The number of carbonyl (C=O) groups is 1. The monoisotopic (exact) mass is 416 g/mol. The Morgan fingerprint density at radius 2 is 2.04 bits per heavy atom. The van der Waals surface area contributed by atoms with Crippen molar-refractivity contribution in [2.75, 3.05) is 24.3 Å². The van der Waals surface area contributed by atoms with E-state index < -0.39 is 0 Å². The molecular weight excluding hydrogens is 400 g/mol. The number of fused-ring (bicyclic) bond motifs is 1. The van der Waals surface area contributed by atoms with Crippen LogP contribution in [-0.4, -0.2) is 39.6 Å². The fourth-order valence-corrected chi connectivity index (χ4v) is 3.58. The minimum absolute atomic E-state index is 0.154. The second-order valence-electron chi connectivity index (χ2n) is 6.11. The average molecular weight is 417 g/mol. The van der Waals surface area contributed by atoms with E-state index in [1.807, 2.05) is 25.1 Å². The van der Waals surface area contributed by atoms with Gasteiger partial charge in [-0.1, -0.05) is 29.4 Å². The van der Waals surface area contributed by atoms with Crippen LogP contribution in [-0.2, 0) is 4.79 Å². The van der Waals surface area contributed by atoms with E-state index in [0.29, 0.717) is 40.6 Å². The molecule has 0 fully saturated rings. The Balaban J connectivity index is 1.40. The number of nitrogens with one attached hydrogen (secondary N) is 1. The number of thioether (sulfide) groups is 1. The summed E-state index contributed by atoms with van der Waals surface area (Å²) in [7, 11) is 0. The third-order valence-electron chi connectivity index (χ3n) is 4.11. The maximum atomic E-state index is 12.3. The van der Waals surface area contributed by atoms with Gasteiger partial charge in [-0.2, -0.15) is 0 Å². The molecule has 0 bridgehead atoms. The molecule has 0 aliphatic carbocycles. The zero-order valence-corrected chi connectivity index (χ0v) is 16.6. The number of rotatable bonds is 5. The summed E-state index contributed by atoms with van der Waals surface area (Å²) in [5.74, 6) is 1.35. The van der Waals surface area contributed by atoms with Crippen molar-refractivity contribution < 1.29 is 14.3 Å². The molecule has 3 aromatic rings. The molecular formula is C19H17ClN4O3S. The van der Waals surface area contributed by atoms with Gasteiger partial charge in [0.2, 0.25) is 5.91 Å². The molecule has 2 aromatic carbocycles. The van der Waals surface area contributed by atoms with Gasteiger partial charge < -0.3 is 14.8 Å². The molecule has 1 amide bonds. The molecule has 1 aliphatic rings. The SMILES string of the molecule is Cc1ccc(-n2cnnc2SCC(=O)Nc2ccc3c(c2)OCCO3)cc1Cl. The maximum Gasteiger partial charge on any atom is 0.234 e. The smallest absolute Gasteiger partial charge is 0.234 e. The van der Waals surface area contributed by atoms with E-state index in [1.54, 1.807) is 29.1 Å². The second kappa shape index (κ2) is 8.12. The van der Waals surface area contributed by atoms with Crippen molar-refractivity contribution in [1.29, 1.82) is 0 Å². The van der Waals surface area contributed by atoms with Crippen LogP contribution in [0.1, 0.15) is 5.56 Å². The van der Waals surface area contributed by atoms with Crippen molar-refractivity contribution in [1.82, 2.24) is 14.8 Å². The summed E-state index contributed by atoms with van der Waals surface area (Å²) >= 11 is 7.50. The molecule has 0 unspecified atom stereocenters. The van der Waals surface area contributed by atoms with Gasteiger partial charge in [0, 0.05) is 16.8 Å². The zero-order valence-electron chi connectivity index (χ0n) is 15.0. The fraction of sp³-hybridized carbons (Fsp3) is 0.211. The largest absolute Gasteiger partial charge is 0.486 e. The van der Waals surface area contributed by atoms with Crippen molar-refractivity contribution in [2.45, 2.75) is 12.1 Å². The zero-order chi connectivity index (χ0) is 19.5. The van der Waals surface area contributed by atoms with Crippen molar-refractivity contribution in [2.24, 2.45) is 0 Å². The summed E-state index contributed by atoms with van der Waals surface area (Å²) in [6.45, 7) is 2.97. The molecule has 144 valence electrons. The Morgan fingerprint density at radius 1 is 1.21 bits per heavy atom. The quantitative estimate of drug-likeness (QED) is 0.638. The van der Waals surface area contributed by atoms with Crippen LogP contribution in [0.3, 0.4) is 0 Å². The average Bonchev–Trinajstić information content (AvgIpc) is 3.17. The molecule has 0 spiro atoms.